The van der Waals surface area contributed by atoms with Crippen LogP contribution in [0.3, 0.4) is 0 Å². The van der Waals surface area contributed by atoms with E-state index in [2.05, 4.69) is 4.98 Å². The monoisotopic (exact) mass is 164 g/mol. The number of hydrogen-bond donors (Lipinski definition) is 0. The molecule has 0 fully saturated rings. The normalized spacial score (nSPS) is 11.9. The predicted octanol–water partition coefficient (Wildman–Crippen LogP) is 1.84. The summed E-state index contributed by atoms with van der Waals surface area (Å²) in [6, 6.07) is 0. The maximum Gasteiger partial charge on any atom is 0.390 e. The van der Waals surface area contributed by atoms with Crippen molar-refractivity contribution in [1.29, 1.82) is 0 Å². The van der Waals surface area contributed by atoms with Crippen LogP contribution < -0.4 is 0 Å². The molecule has 0 aliphatic rings. The molecule has 0 amide bonds. The molecular weight excluding hydrogens is 157 g/mol. The summed E-state index contributed by atoms with van der Waals surface area (Å²) in [5.41, 5.74) is 0. The van der Waals surface area contributed by atoms with Gasteiger partial charge in [0.25, 0.3) is 0 Å². The van der Waals surface area contributed by atoms with E-state index in [-0.39, 0.29) is 6.54 Å². The number of alkyl halides is 3. The van der Waals surface area contributed by atoms with Crippen molar-refractivity contribution in [3.8, 4) is 0 Å². The van der Waals surface area contributed by atoms with Gasteiger partial charge in [-0.25, -0.2) is 4.98 Å². The van der Waals surface area contributed by atoms with E-state index in [9.17, 15) is 13.2 Å². The maximum absolute atomic E-state index is 11.6. The summed E-state index contributed by atoms with van der Waals surface area (Å²) >= 11 is 0. The zero-order valence-electron chi connectivity index (χ0n) is 5.67. The Hall–Kier alpha value is -1.00. The molecule has 0 spiro atoms. The molecule has 0 radical (unpaired) electrons. The van der Waals surface area contributed by atoms with E-state index in [1.807, 2.05) is 0 Å². The molecule has 0 saturated heterocycles. The lowest BCUT2D eigenvalue weighted by Gasteiger charge is -2.05. The van der Waals surface area contributed by atoms with Crippen molar-refractivity contribution in [1.82, 2.24) is 9.55 Å². The Kier molecular flexibility index (Phi) is 2.16. The lowest BCUT2D eigenvalue weighted by molar-refractivity contribution is -0.136. The van der Waals surface area contributed by atoms with Gasteiger partial charge in [-0.2, -0.15) is 13.2 Å². The van der Waals surface area contributed by atoms with Crippen molar-refractivity contribution >= 4 is 0 Å². The van der Waals surface area contributed by atoms with Gasteiger partial charge in [0.1, 0.15) is 0 Å². The Morgan fingerprint density at radius 1 is 1.36 bits per heavy atom. The molecule has 11 heavy (non-hydrogen) atoms. The number of rotatable bonds is 2. The molecule has 62 valence electrons. The smallest absolute Gasteiger partial charge is 0.337 e. The first kappa shape index (κ1) is 8.10. The molecule has 0 saturated carbocycles. The van der Waals surface area contributed by atoms with E-state index in [1.54, 1.807) is 0 Å². The third kappa shape index (κ3) is 3.06. The SMILES string of the molecule is FC(F)(F)CCn1ccnc1. The Balaban J connectivity index is 2.35. The fraction of sp³-hybridized carbons (Fsp3) is 0.500. The number of imidazole rings is 1. The Bertz CT molecular complexity index is 202. The van der Waals surface area contributed by atoms with Gasteiger partial charge in [0.15, 0.2) is 0 Å². The van der Waals surface area contributed by atoms with Crippen molar-refractivity contribution in [2.45, 2.75) is 19.1 Å². The predicted molar refractivity (Wildman–Crippen MR) is 32.9 cm³/mol. The standard InChI is InChI=1S/C6H7F3N2/c7-6(8,9)1-3-11-4-2-10-5-11/h2,4-5H,1,3H2. The van der Waals surface area contributed by atoms with Gasteiger partial charge in [-0.15, -0.1) is 0 Å². The van der Waals surface area contributed by atoms with Crippen molar-refractivity contribution in [3.63, 3.8) is 0 Å². The quantitative estimate of drug-likeness (QED) is 0.652. The summed E-state index contributed by atoms with van der Waals surface area (Å²) in [5, 5.41) is 0. The first-order valence-corrected chi connectivity index (χ1v) is 3.10. The minimum absolute atomic E-state index is 0.0521. The van der Waals surface area contributed by atoms with Gasteiger partial charge < -0.3 is 4.57 Å². The van der Waals surface area contributed by atoms with E-state index < -0.39 is 12.6 Å². The van der Waals surface area contributed by atoms with Crippen LogP contribution in [0.4, 0.5) is 13.2 Å². The maximum atomic E-state index is 11.6. The molecule has 0 aromatic carbocycles. The number of halogens is 3. The van der Waals surface area contributed by atoms with Crippen LogP contribution >= 0.6 is 0 Å². The van der Waals surface area contributed by atoms with Crippen LogP contribution in [0, 0.1) is 0 Å². The highest BCUT2D eigenvalue weighted by atomic mass is 19.4. The first-order valence-electron chi connectivity index (χ1n) is 3.10. The molecule has 5 heteroatoms. The zero-order chi connectivity index (χ0) is 8.32. The Morgan fingerprint density at radius 2 is 2.09 bits per heavy atom. The van der Waals surface area contributed by atoms with Crippen LogP contribution in [0.1, 0.15) is 6.42 Å². The fourth-order valence-electron chi connectivity index (χ4n) is 0.675. The molecule has 0 bridgehead atoms. The number of aryl methyl sites for hydroxylation is 1. The van der Waals surface area contributed by atoms with E-state index in [1.165, 1.54) is 23.3 Å². The van der Waals surface area contributed by atoms with Crippen LogP contribution in [0.25, 0.3) is 0 Å². The third-order valence-corrected chi connectivity index (χ3v) is 1.21. The summed E-state index contributed by atoms with van der Waals surface area (Å²) in [5.74, 6) is 0. The van der Waals surface area contributed by atoms with E-state index in [0.29, 0.717) is 0 Å². The van der Waals surface area contributed by atoms with Crippen LogP contribution in [-0.2, 0) is 6.54 Å². The summed E-state index contributed by atoms with van der Waals surface area (Å²) < 4.78 is 36.2. The Morgan fingerprint density at radius 3 is 2.55 bits per heavy atom. The number of nitrogens with zero attached hydrogens (tertiary/aromatic N) is 2. The minimum Gasteiger partial charge on any atom is -0.337 e. The zero-order valence-corrected chi connectivity index (χ0v) is 5.67. The van der Waals surface area contributed by atoms with Gasteiger partial charge in [0.2, 0.25) is 0 Å². The second-order valence-corrected chi connectivity index (χ2v) is 2.17. The van der Waals surface area contributed by atoms with Crippen LogP contribution in [0.5, 0.6) is 0 Å². The van der Waals surface area contributed by atoms with Gasteiger partial charge in [-0.1, -0.05) is 0 Å². The molecule has 0 N–H and O–H groups in total. The summed E-state index contributed by atoms with van der Waals surface area (Å²) in [6.45, 7) is -0.0521. The lowest BCUT2D eigenvalue weighted by Crippen LogP contribution is -2.11. The van der Waals surface area contributed by atoms with Crippen molar-refractivity contribution in [2.75, 3.05) is 0 Å². The highest BCUT2D eigenvalue weighted by Crippen LogP contribution is 2.19. The highest BCUT2D eigenvalue weighted by Gasteiger charge is 2.26. The van der Waals surface area contributed by atoms with Gasteiger partial charge in [0, 0.05) is 18.9 Å². The topological polar surface area (TPSA) is 17.8 Å². The molecule has 0 aliphatic heterocycles. The molecule has 1 heterocycles. The van der Waals surface area contributed by atoms with Crippen molar-refractivity contribution < 1.29 is 13.2 Å². The average Bonchev–Trinajstić information content (AvgIpc) is 2.32. The molecule has 1 aromatic rings. The molecule has 0 atom stereocenters. The molecule has 0 unspecified atom stereocenters. The summed E-state index contributed by atoms with van der Waals surface area (Å²) in [4.78, 5) is 3.62. The molecule has 0 aliphatic carbocycles. The van der Waals surface area contributed by atoms with E-state index in [0.717, 1.165) is 0 Å². The molecular formula is C6H7F3N2. The highest BCUT2D eigenvalue weighted by molar-refractivity contribution is 4.74. The number of hydrogen-bond acceptors (Lipinski definition) is 1. The van der Waals surface area contributed by atoms with Crippen LogP contribution in [0.2, 0.25) is 0 Å². The fourth-order valence-corrected chi connectivity index (χ4v) is 0.675. The molecule has 1 rings (SSSR count). The van der Waals surface area contributed by atoms with Gasteiger partial charge in [-0.05, 0) is 0 Å². The lowest BCUT2D eigenvalue weighted by atomic mass is 10.4. The van der Waals surface area contributed by atoms with Gasteiger partial charge >= 0.3 is 6.18 Å². The second-order valence-electron chi connectivity index (χ2n) is 2.17. The Labute approximate surface area is 61.7 Å². The number of aromatic nitrogens is 2. The van der Waals surface area contributed by atoms with Crippen LogP contribution in [-0.4, -0.2) is 15.7 Å². The summed E-state index contributed by atoms with van der Waals surface area (Å²) in [7, 11) is 0. The second kappa shape index (κ2) is 2.94. The minimum atomic E-state index is -4.08. The molecule has 2 nitrogen and oxygen atoms in total. The average molecular weight is 164 g/mol. The van der Waals surface area contributed by atoms with E-state index >= 15 is 0 Å². The van der Waals surface area contributed by atoms with Gasteiger partial charge in [0.05, 0.1) is 12.7 Å². The first-order chi connectivity index (χ1) is 5.08. The van der Waals surface area contributed by atoms with E-state index in [4.69, 9.17) is 0 Å². The molecule has 1 aromatic heterocycles. The van der Waals surface area contributed by atoms with Gasteiger partial charge in [-0.3, -0.25) is 0 Å². The summed E-state index contributed by atoms with van der Waals surface area (Å²) in [6.07, 6.45) is -0.554. The van der Waals surface area contributed by atoms with Crippen molar-refractivity contribution in [3.05, 3.63) is 18.7 Å². The largest absolute Gasteiger partial charge is 0.390 e. The van der Waals surface area contributed by atoms with Crippen LogP contribution in [0.15, 0.2) is 18.7 Å². The third-order valence-electron chi connectivity index (χ3n) is 1.21. The van der Waals surface area contributed by atoms with Crippen molar-refractivity contribution in [2.24, 2.45) is 0 Å².